The smallest absolute Gasteiger partial charge is 0.374 e. The molecular weight excluding hydrogens is 272 g/mol. The lowest BCUT2D eigenvalue weighted by Crippen LogP contribution is -2.52. The van der Waals surface area contributed by atoms with Gasteiger partial charge in [0, 0.05) is 25.4 Å². The fraction of sp³-hybridized carbons (Fsp3) is 1.00. The van der Waals surface area contributed by atoms with Gasteiger partial charge in [0.1, 0.15) is 0 Å². The van der Waals surface area contributed by atoms with Crippen molar-refractivity contribution >= 4 is 8.80 Å². The van der Waals surface area contributed by atoms with E-state index in [0.717, 1.165) is 11.8 Å². The van der Waals surface area contributed by atoms with Gasteiger partial charge in [-0.2, -0.15) is 0 Å². The average Bonchev–Trinajstić information content (AvgIpc) is 3.12. The van der Waals surface area contributed by atoms with Crippen LogP contribution < -0.4 is 0 Å². The van der Waals surface area contributed by atoms with Gasteiger partial charge in [-0.1, -0.05) is 0 Å². The molecule has 2 aliphatic carbocycles. The van der Waals surface area contributed by atoms with Gasteiger partial charge in [0.05, 0.1) is 12.2 Å². The molecule has 2 saturated carbocycles. The van der Waals surface area contributed by atoms with Crippen molar-refractivity contribution in [2.75, 3.05) is 19.8 Å². The Morgan fingerprint density at radius 1 is 0.950 bits per heavy atom. The molecule has 5 atom stereocenters. The van der Waals surface area contributed by atoms with Crippen molar-refractivity contribution in [3.63, 3.8) is 0 Å². The topological polar surface area (TPSA) is 40.2 Å². The van der Waals surface area contributed by atoms with Gasteiger partial charge in [-0.15, -0.1) is 0 Å². The van der Waals surface area contributed by atoms with E-state index in [1.165, 1.54) is 25.7 Å². The summed E-state index contributed by atoms with van der Waals surface area (Å²) in [7, 11) is -2.52. The molecule has 1 heterocycles. The first-order chi connectivity index (χ1) is 9.74. The second-order valence-electron chi connectivity index (χ2n) is 6.21. The van der Waals surface area contributed by atoms with Crippen LogP contribution in [-0.4, -0.2) is 40.8 Å². The molecule has 116 valence electrons. The van der Waals surface area contributed by atoms with Gasteiger partial charge in [-0.05, 0) is 58.3 Å². The van der Waals surface area contributed by atoms with Crippen molar-refractivity contribution in [2.45, 2.75) is 64.2 Å². The van der Waals surface area contributed by atoms with Gasteiger partial charge in [-0.25, -0.2) is 0 Å². The number of fused-ring (bicyclic) bond motifs is 3. The Hall–Kier alpha value is 0.0569. The van der Waals surface area contributed by atoms with Gasteiger partial charge in [-0.3, -0.25) is 0 Å². The summed E-state index contributed by atoms with van der Waals surface area (Å²) in [5.41, 5.74) is 0.464. The molecule has 1 saturated heterocycles. The quantitative estimate of drug-likeness (QED) is 0.535. The van der Waals surface area contributed by atoms with E-state index < -0.39 is 8.80 Å². The van der Waals surface area contributed by atoms with E-state index in [9.17, 15) is 0 Å². The Kier molecular flexibility index (Phi) is 4.53. The lowest BCUT2D eigenvalue weighted by atomic mass is 9.80. The Bertz CT molecular complexity index is 321. The van der Waals surface area contributed by atoms with Gasteiger partial charge in [0.15, 0.2) is 0 Å². The fourth-order valence-corrected chi connectivity index (χ4v) is 7.63. The first-order valence-corrected chi connectivity index (χ1v) is 10.1. The van der Waals surface area contributed by atoms with Crippen LogP contribution in [0.2, 0.25) is 5.54 Å². The van der Waals surface area contributed by atoms with Crippen molar-refractivity contribution in [3.8, 4) is 0 Å². The van der Waals surface area contributed by atoms with Crippen LogP contribution in [0.25, 0.3) is 0 Å². The minimum absolute atomic E-state index is 0.464. The normalized spacial score (nSPS) is 39.5. The summed E-state index contributed by atoms with van der Waals surface area (Å²) >= 11 is 0. The van der Waals surface area contributed by atoms with Crippen LogP contribution in [0.5, 0.6) is 0 Å². The monoisotopic (exact) mass is 300 g/mol. The highest BCUT2D eigenvalue weighted by Gasteiger charge is 2.60. The maximum Gasteiger partial charge on any atom is 0.504 e. The molecule has 0 N–H and O–H groups in total. The van der Waals surface area contributed by atoms with Crippen molar-refractivity contribution in [1.29, 1.82) is 0 Å². The van der Waals surface area contributed by atoms with Gasteiger partial charge in [0.25, 0.3) is 0 Å². The third-order valence-electron chi connectivity index (χ3n) is 5.16. The summed E-state index contributed by atoms with van der Waals surface area (Å²) in [6.07, 6.45) is 6.08. The third kappa shape index (κ3) is 2.59. The lowest BCUT2D eigenvalue weighted by Gasteiger charge is -2.41. The standard InChI is InChI=1S/C15H28O4Si/c1-4-16-20(17-5-2,18-6-3)12-8-7-11-9-14-15(19-14)13(11)10-12/h11-15H,4-10H2,1-3H3. The maximum atomic E-state index is 6.10. The van der Waals surface area contributed by atoms with Gasteiger partial charge < -0.3 is 18.0 Å². The summed E-state index contributed by atoms with van der Waals surface area (Å²) in [5, 5.41) is 0. The molecule has 0 spiro atoms. The molecule has 0 aromatic rings. The van der Waals surface area contributed by atoms with Crippen LogP contribution in [-0.2, 0) is 18.0 Å². The summed E-state index contributed by atoms with van der Waals surface area (Å²) in [4.78, 5) is 0. The third-order valence-corrected chi connectivity index (χ3v) is 8.76. The van der Waals surface area contributed by atoms with Gasteiger partial charge >= 0.3 is 8.80 Å². The molecule has 3 aliphatic rings. The summed E-state index contributed by atoms with van der Waals surface area (Å²) in [6, 6.07) is 0. The van der Waals surface area contributed by atoms with E-state index in [2.05, 4.69) is 0 Å². The summed E-state index contributed by atoms with van der Waals surface area (Å²) < 4.78 is 24.1. The predicted octanol–water partition coefficient (Wildman–Crippen LogP) is 2.99. The molecular formula is C15H28O4Si. The molecule has 0 amide bonds. The number of hydrogen-bond donors (Lipinski definition) is 0. The highest BCUT2D eigenvalue weighted by Crippen LogP contribution is 2.56. The Morgan fingerprint density at radius 2 is 1.60 bits per heavy atom. The molecule has 0 aromatic carbocycles. The van der Waals surface area contributed by atoms with Crippen LogP contribution in [0.4, 0.5) is 0 Å². The summed E-state index contributed by atoms with van der Waals surface area (Å²) in [5.74, 6) is 1.61. The van der Waals surface area contributed by atoms with Crippen LogP contribution in [0, 0.1) is 11.8 Å². The number of hydrogen-bond acceptors (Lipinski definition) is 4. The number of epoxide rings is 1. The minimum Gasteiger partial charge on any atom is -0.374 e. The molecule has 1 aliphatic heterocycles. The van der Waals surface area contributed by atoms with E-state index in [-0.39, 0.29) is 0 Å². The molecule has 4 nitrogen and oxygen atoms in total. The molecule has 0 aromatic heterocycles. The van der Waals surface area contributed by atoms with Crippen molar-refractivity contribution in [2.24, 2.45) is 11.8 Å². The molecule has 3 fully saturated rings. The molecule has 3 rings (SSSR count). The lowest BCUT2D eigenvalue weighted by molar-refractivity contribution is 0.0445. The van der Waals surface area contributed by atoms with Crippen molar-refractivity contribution < 1.29 is 18.0 Å². The second-order valence-corrected chi connectivity index (χ2v) is 9.10. The first kappa shape index (κ1) is 15.0. The molecule has 5 heteroatoms. The molecule has 0 bridgehead atoms. The van der Waals surface area contributed by atoms with E-state index in [0.29, 0.717) is 37.6 Å². The van der Waals surface area contributed by atoms with Crippen LogP contribution in [0.3, 0.4) is 0 Å². The Labute approximate surface area is 123 Å². The van der Waals surface area contributed by atoms with Crippen LogP contribution in [0.15, 0.2) is 0 Å². The van der Waals surface area contributed by atoms with E-state index >= 15 is 0 Å². The van der Waals surface area contributed by atoms with Crippen LogP contribution >= 0.6 is 0 Å². The van der Waals surface area contributed by atoms with Gasteiger partial charge in [0.2, 0.25) is 0 Å². The van der Waals surface area contributed by atoms with Crippen molar-refractivity contribution in [1.82, 2.24) is 0 Å². The molecule has 0 radical (unpaired) electrons. The highest BCUT2D eigenvalue weighted by atomic mass is 28.4. The second kappa shape index (κ2) is 6.05. The van der Waals surface area contributed by atoms with E-state index in [4.69, 9.17) is 18.0 Å². The highest BCUT2D eigenvalue weighted by molar-refractivity contribution is 6.62. The van der Waals surface area contributed by atoms with Crippen LogP contribution in [0.1, 0.15) is 46.5 Å². The Morgan fingerprint density at radius 3 is 2.20 bits per heavy atom. The summed E-state index contributed by atoms with van der Waals surface area (Å²) in [6.45, 7) is 8.17. The maximum absolute atomic E-state index is 6.10. The predicted molar refractivity (Wildman–Crippen MR) is 78.5 cm³/mol. The minimum atomic E-state index is -2.52. The first-order valence-electron chi connectivity index (χ1n) is 8.31. The van der Waals surface area contributed by atoms with Crippen molar-refractivity contribution in [3.05, 3.63) is 0 Å². The van der Waals surface area contributed by atoms with E-state index in [1.807, 2.05) is 20.8 Å². The molecule has 5 unspecified atom stereocenters. The molecule has 20 heavy (non-hydrogen) atoms. The SMILES string of the molecule is CCO[Si](OCC)(OCC)C1CCC2CC3OC3C2C1. The fourth-order valence-electron chi connectivity index (χ4n) is 4.39. The zero-order chi connectivity index (χ0) is 14.2. The number of ether oxygens (including phenoxy) is 1. The zero-order valence-electron chi connectivity index (χ0n) is 13.0. The largest absolute Gasteiger partial charge is 0.504 e. The zero-order valence-corrected chi connectivity index (χ0v) is 14.0. The van der Waals surface area contributed by atoms with E-state index in [1.54, 1.807) is 0 Å². The number of rotatable bonds is 7. The average molecular weight is 300 g/mol. The Balaban J connectivity index is 1.72.